The van der Waals surface area contributed by atoms with Crippen LogP contribution in [0.5, 0.6) is 5.75 Å². The second-order valence-electron chi connectivity index (χ2n) is 7.20. The summed E-state index contributed by atoms with van der Waals surface area (Å²) in [6.07, 6.45) is -0.000945. The number of hydrogen-bond acceptors (Lipinski definition) is 4. The summed E-state index contributed by atoms with van der Waals surface area (Å²) < 4.78 is 8.96. The summed E-state index contributed by atoms with van der Waals surface area (Å²) in [5.41, 5.74) is 1.90. The largest absolute Gasteiger partial charge is 0.477 e. The van der Waals surface area contributed by atoms with E-state index in [1.54, 1.807) is 22.8 Å². The van der Waals surface area contributed by atoms with Crippen molar-refractivity contribution in [2.45, 2.75) is 32.5 Å². The minimum Gasteiger partial charge on any atom is -0.477 e. The normalized spacial score (nSPS) is 15.5. The number of rotatable bonds is 5. The van der Waals surface area contributed by atoms with Crippen molar-refractivity contribution < 1.29 is 14.3 Å². The fourth-order valence-electron chi connectivity index (χ4n) is 3.85. The van der Waals surface area contributed by atoms with E-state index in [0.717, 1.165) is 11.9 Å². The molecule has 8 nitrogen and oxygen atoms in total. The van der Waals surface area contributed by atoms with Crippen molar-refractivity contribution >= 4 is 28.5 Å². The molecular formula is C22H24N4O4. The van der Waals surface area contributed by atoms with E-state index >= 15 is 0 Å². The minimum absolute atomic E-state index is 0.0812. The van der Waals surface area contributed by atoms with Crippen LogP contribution >= 0.6 is 0 Å². The van der Waals surface area contributed by atoms with Gasteiger partial charge < -0.3 is 15.0 Å². The average Bonchev–Trinajstić information content (AvgIpc) is 3.04. The molecule has 0 spiro atoms. The zero-order chi connectivity index (χ0) is 21.3. The highest BCUT2D eigenvalue weighted by Crippen LogP contribution is 2.33. The maximum Gasteiger partial charge on any atom is 0.329 e. The van der Waals surface area contributed by atoms with Crippen LogP contribution in [0.4, 0.5) is 5.69 Å². The first-order valence-electron chi connectivity index (χ1n) is 10.0. The van der Waals surface area contributed by atoms with E-state index < -0.39 is 6.10 Å². The monoisotopic (exact) mass is 408 g/mol. The lowest BCUT2D eigenvalue weighted by molar-refractivity contribution is -0.128. The summed E-state index contributed by atoms with van der Waals surface area (Å²) in [7, 11) is 1.53. The van der Waals surface area contributed by atoms with Gasteiger partial charge in [-0.2, -0.15) is 0 Å². The summed E-state index contributed by atoms with van der Waals surface area (Å²) in [4.78, 5) is 40.0. The number of benzene rings is 2. The topological polar surface area (TPSA) is 85.6 Å². The fourth-order valence-corrected chi connectivity index (χ4v) is 3.85. The Morgan fingerprint density at radius 1 is 1.07 bits per heavy atom. The molecule has 0 radical (unpaired) electrons. The van der Waals surface area contributed by atoms with E-state index in [-0.39, 0.29) is 30.6 Å². The Kier molecular flexibility index (Phi) is 5.31. The molecule has 0 saturated heterocycles. The van der Waals surface area contributed by atoms with Gasteiger partial charge in [0.25, 0.3) is 5.91 Å². The van der Waals surface area contributed by atoms with Crippen LogP contribution in [0.1, 0.15) is 13.3 Å². The molecule has 1 N–H and O–H groups in total. The van der Waals surface area contributed by atoms with Crippen molar-refractivity contribution in [3.8, 4) is 5.75 Å². The second kappa shape index (κ2) is 8.06. The Balaban J connectivity index is 1.71. The first kappa shape index (κ1) is 19.8. The number of ether oxygens (including phenoxy) is 1. The molecule has 2 amide bonds. The van der Waals surface area contributed by atoms with E-state index in [1.807, 2.05) is 37.3 Å². The van der Waals surface area contributed by atoms with Crippen molar-refractivity contribution in [2.24, 2.45) is 0 Å². The molecule has 30 heavy (non-hydrogen) atoms. The molecule has 2 heterocycles. The predicted octanol–water partition coefficient (Wildman–Crippen LogP) is 1.75. The van der Waals surface area contributed by atoms with Crippen LogP contribution < -0.4 is 20.6 Å². The minimum atomic E-state index is -0.813. The smallest absolute Gasteiger partial charge is 0.329 e. The number of para-hydroxylation sites is 4. The maximum absolute atomic E-state index is 13.3. The fraction of sp³-hybridized carbons (Fsp3) is 0.318. The van der Waals surface area contributed by atoms with Crippen molar-refractivity contribution in [3.05, 3.63) is 59.0 Å². The molecule has 4 rings (SSSR count). The van der Waals surface area contributed by atoms with Crippen LogP contribution in [-0.4, -0.2) is 40.6 Å². The standard InChI is InChI=1S/C22H24N4O4/c1-3-12-24-15-8-4-5-9-16(15)26(22(24)29)14-20(27)25-13-19(21(28)23-2)30-18-11-7-6-10-17(18)25/h4-11,19H,3,12-14H2,1-2H3,(H,23,28). The van der Waals surface area contributed by atoms with Gasteiger partial charge in [-0.05, 0) is 30.7 Å². The summed E-state index contributed by atoms with van der Waals surface area (Å²) >= 11 is 0. The lowest BCUT2D eigenvalue weighted by Gasteiger charge is -2.34. The number of carbonyl (C=O) groups is 2. The van der Waals surface area contributed by atoms with Gasteiger partial charge in [0.1, 0.15) is 12.3 Å². The molecule has 1 unspecified atom stereocenters. The van der Waals surface area contributed by atoms with E-state index in [1.165, 1.54) is 16.5 Å². The Hall–Kier alpha value is -3.55. The van der Waals surface area contributed by atoms with E-state index in [2.05, 4.69) is 5.32 Å². The lowest BCUT2D eigenvalue weighted by Crippen LogP contribution is -2.51. The van der Waals surface area contributed by atoms with Crippen LogP contribution in [0.2, 0.25) is 0 Å². The molecule has 8 heteroatoms. The third kappa shape index (κ3) is 3.34. The maximum atomic E-state index is 13.3. The van der Waals surface area contributed by atoms with E-state index in [0.29, 0.717) is 23.5 Å². The number of imidazole rings is 1. The van der Waals surface area contributed by atoms with Crippen molar-refractivity contribution in [2.75, 3.05) is 18.5 Å². The van der Waals surface area contributed by atoms with Crippen molar-refractivity contribution in [1.82, 2.24) is 14.5 Å². The molecule has 3 aromatic rings. The highest BCUT2D eigenvalue weighted by molar-refractivity contribution is 5.97. The lowest BCUT2D eigenvalue weighted by atomic mass is 10.1. The molecule has 1 aliphatic rings. The van der Waals surface area contributed by atoms with Gasteiger partial charge in [-0.1, -0.05) is 31.2 Å². The summed E-state index contributed by atoms with van der Waals surface area (Å²) in [5, 5.41) is 2.56. The Labute approximate surface area is 173 Å². The number of amides is 2. The number of hydrogen-bond donors (Lipinski definition) is 1. The van der Waals surface area contributed by atoms with Crippen LogP contribution in [0.25, 0.3) is 11.0 Å². The molecule has 0 fully saturated rings. The molecule has 1 aliphatic heterocycles. The highest BCUT2D eigenvalue weighted by atomic mass is 16.5. The van der Waals surface area contributed by atoms with Crippen LogP contribution in [0, 0.1) is 0 Å². The molecular weight excluding hydrogens is 384 g/mol. The summed E-state index contributed by atoms with van der Waals surface area (Å²) in [6, 6.07) is 14.6. The van der Waals surface area contributed by atoms with E-state index in [9.17, 15) is 14.4 Å². The SMILES string of the molecule is CCCn1c(=O)n(CC(=O)N2CC(C(=O)NC)Oc3ccccc32)c2ccccc21. The number of carbonyl (C=O) groups excluding carboxylic acids is 2. The Morgan fingerprint density at radius 2 is 1.73 bits per heavy atom. The van der Waals surface area contributed by atoms with E-state index in [4.69, 9.17) is 4.74 Å². The number of nitrogens with one attached hydrogen (secondary N) is 1. The van der Waals surface area contributed by atoms with Gasteiger partial charge in [-0.3, -0.25) is 18.7 Å². The number of aromatic nitrogens is 2. The average molecular weight is 408 g/mol. The zero-order valence-electron chi connectivity index (χ0n) is 17.0. The van der Waals surface area contributed by atoms with Gasteiger partial charge in [0.15, 0.2) is 6.10 Å². The van der Waals surface area contributed by atoms with Crippen LogP contribution in [0.15, 0.2) is 53.3 Å². The van der Waals surface area contributed by atoms with Gasteiger partial charge in [-0.25, -0.2) is 4.79 Å². The van der Waals surface area contributed by atoms with Crippen molar-refractivity contribution in [1.29, 1.82) is 0 Å². The molecule has 156 valence electrons. The van der Waals surface area contributed by atoms with Crippen molar-refractivity contribution in [3.63, 3.8) is 0 Å². The number of fused-ring (bicyclic) bond motifs is 2. The number of aryl methyl sites for hydroxylation is 1. The number of likely N-dealkylation sites (N-methyl/N-ethyl adjacent to an activating group) is 1. The van der Waals surface area contributed by atoms with Gasteiger partial charge >= 0.3 is 5.69 Å². The van der Waals surface area contributed by atoms with Gasteiger partial charge in [0.05, 0.1) is 23.3 Å². The third-order valence-corrected chi connectivity index (χ3v) is 5.28. The summed E-state index contributed by atoms with van der Waals surface area (Å²) in [5.74, 6) is -0.119. The molecule has 1 atom stereocenters. The molecule has 0 aliphatic carbocycles. The Bertz CT molecular complexity index is 1160. The first-order chi connectivity index (χ1) is 14.5. The molecule has 0 bridgehead atoms. The molecule has 0 saturated carbocycles. The first-order valence-corrected chi connectivity index (χ1v) is 10.0. The third-order valence-electron chi connectivity index (χ3n) is 5.28. The predicted molar refractivity (Wildman–Crippen MR) is 114 cm³/mol. The van der Waals surface area contributed by atoms with Crippen LogP contribution in [-0.2, 0) is 22.7 Å². The highest BCUT2D eigenvalue weighted by Gasteiger charge is 2.33. The zero-order valence-corrected chi connectivity index (χ0v) is 17.0. The summed E-state index contributed by atoms with van der Waals surface area (Å²) in [6.45, 7) is 2.55. The van der Waals surface area contributed by atoms with Gasteiger partial charge in [0.2, 0.25) is 5.91 Å². The number of nitrogens with zero attached hydrogens (tertiary/aromatic N) is 3. The van der Waals surface area contributed by atoms with Gasteiger partial charge in [-0.15, -0.1) is 0 Å². The van der Waals surface area contributed by atoms with Gasteiger partial charge in [0, 0.05) is 13.6 Å². The second-order valence-corrected chi connectivity index (χ2v) is 7.20. The number of anilines is 1. The molecule has 2 aromatic carbocycles. The Morgan fingerprint density at radius 3 is 2.43 bits per heavy atom. The molecule has 1 aromatic heterocycles. The van der Waals surface area contributed by atoms with Crippen LogP contribution in [0.3, 0.4) is 0 Å². The quantitative estimate of drug-likeness (QED) is 0.697.